The third-order valence-electron chi connectivity index (χ3n) is 5.27. The monoisotopic (exact) mass is 447 g/mol. The van der Waals surface area contributed by atoms with Crippen molar-refractivity contribution in [1.29, 1.82) is 0 Å². The second-order valence-electron chi connectivity index (χ2n) is 7.90. The summed E-state index contributed by atoms with van der Waals surface area (Å²) in [7, 11) is 0. The van der Waals surface area contributed by atoms with Crippen molar-refractivity contribution in [1.82, 2.24) is 0 Å². The van der Waals surface area contributed by atoms with Gasteiger partial charge in [0, 0.05) is 5.56 Å². The molecule has 4 rings (SSSR count). The Bertz CT molecular complexity index is 1230. The Morgan fingerprint density at radius 1 is 0.970 bits per heavy atom. The molecule has 1 atom stereocenters. The minimum atomic E-state index is -1.06. The van der Waals surface area contributed by atoms with Crippen LogP contribution < -0.4 is 9.64 Å². The summed E-state index contributed by atoms with van der Waals surface area (Å²) < 4.78 is 19.2. The Morgan fingerprint density at radius 2 is 1.61 bits per heavy atom. The SMILES string of the molecule is CC(C)Oc1ccc(/C(O)=C2\C(=O)C(=O)N(c3ccccc3O)C2c2ccc(F)cc2)cc1. The molecule has 3 aromatic rings. The number of carbonyl (C=O) groups is 2. The first-order chi connectivity index (χ1) is 15.8. The zero-order chi connectivity index (χ0) is 23.7. The predicted molar refractivity (Wildman–Crippen MR) is 121 cm³/mol. The van der Waals surface area contributed by atoms with Crippen molar-refractivity contribution in [3.63, 3.8) is 0 Å². The number of halogens is 1. The van der Waals surface area contributed by atoms with Crippen LogP contribution in [0, 0.1) is 5.82 Å². The van der Waals surface area contributed by atoms with E-state index in [4.69, 9.17) is 4.74 Å². The summed E-state index contributed by atoms with van der Waals surface area (Å²) in [4.78, 5) is 27.3. The van der Waals surface area contributed by atoms with Gasteiger partial charge in [-0.2, -0.15) is 0 Å². The number of anilines is 1. The number of hydrogen-bond acceptors (Lipinski definition) is 5. The summed E-state index contributed by atoms with van der Waals surface area (Å²) in [5.41, 5.74) is 0.662. The molecule has 1 saturated heterocycles. The minimum absolute atomic E-state index is 0.0354. The van der Waals surface area contributed by atoms with Crippen molar-refractivity contribution in [2.75, 3.05) is 4.90 Å². The lowest BCUT2D eigenvalue weighted by molar-refractivity contribution is -0.132. The van der Waals surface area contributed by atoms with Gasteiger partial charge in [0.25, 0.3) is 11.7 Å². The predicted octanol–water partition coefficient (Wildman–Crippen LogP) is 4.94. The van der Waals surface area contributed by atoms with Crippen LogP contribution in [0.1, 0.15) is 31.0 Å². The molecule has 6 nitrogen and oxygen atoms in total. The van der Waals surface area contributed by atoms with Gasteiger partial charge in [-0.15, -0.1) is 0 Å². The molecule has 0 radical (unpaired) electrons. The molecular formula is C26H22FNO5. The molecule has 1 unspecified atom stereocenters. The van der Waals surface area contributed by atoms with E-state index in [9.17, 15) is 24.2 Å². The number of ketones is 1. The number of phenolic OH excluding ortho intramolecular Hbond substituents is 1. The molecule has 1 fully saturated rings. The highest BCUT2D eigenvalue weighted by Gasteiger charge is 2.47. The molecule has 1 aliphatic rings. The molecule has 0 bridgehead atoms. The number of ether oxygens (including phenoxy) is 1. The molecule has 3 aromatic carbocycles. The Balaban J connectivity index is 1.88. The van der Waals surface area contributed by atoms with Crippen LogP contribution in [0.25, 0.3) is 5.76 Å². The minimum Gasteiger partial charge on any atom is -0.507 e. The van der Waals surface area contributed by atoms with Crippen LogP contribution in [0.3, 0.4) is 0 Å². The number of aliphatic hydroxyl groups excluding tert-OH is 1. The van der Waals surface area contributed by atoms with Crippen LogP contribution >= 0.6 is 0 Å². The van der Waals surface area contributed by atoms with Gasteiger partial charge in [0.1, 0.15) is 23.1 Å². The first kappa shape index (κ1) is 22.1. The number of aromatic hydroxyl groups is 1. The first-order valence-electron chi connectivity index (χ1n) is 10.4. The van der Waals surface area contributed by atoms with E-state index in [2.05, 4.69) is 0 Å². The van der Waals surface area contributed by atoms with Crippen molar-refractivity contribution in [2.24, 2.45) is 0 Å². The third-order valence-corrected chi connectivity index (χ3v) is 5.27. The number of Topliss-reactive ketones (excluding diaryl/α,β-unsaturated/α-hetero) is 1. The lowest BCUT2D eigenvalue weighted by Gasteiger charge is -2.26. The molecule has 0 saturated carbocycles. The van der Waals surface area contributed by atoms with Crippen molar-refractivity contribution >= 4 is 23.1 Å². The van der Waals surface area contributed by atoms with Gasteiger partial charge in [0.05, 0.1) is 23.4 Å². The summed E-state index contributed by atoms with van der Waals surface area (Å²) in [6.45, 7) is 3.77. The number of aliphatic hydroxyl groups is 1. The van der Waals surface area contributed by atoms with E-state index in [0.29, 0.717) is 16.9 Å². The molecule has 33 heavy (non-hydrogen) atoms. The summed E-state index contributed by atoms with van der Waals surface area (Å²) >= 11 is 0. The van der Waals surface area contributed by atoms with Crippen LogP contribution in [-0.2, 0) is 9.59 Å². The Hall–Kier alpha value is -4.13. The number of rotatable bonds is 5. The summed E-state index contributed by atoms with van der Waals surface area (Å²) in [5, 5.41) is 21.5. The number of para-hydroxylation sites is 2. The maximum atomic E-state index is 13.6. The number of amides is 1. The van der Waals surface area contributed by atoms with E-state index >= 15 is 0 Å². The molecule has 0 spiro atoms. The van der Waals surface area contributed by atoms with Crippen LogP contribution in [0.4, 0.5) is 10.1 Å². The summed E-state index contributed by atoms with van der Waals surface area (Å²) in [6.07, 6.45) is -0.0354. The van der Waals surface area contributed by atoms with Crippen LogP contribution in [0.5, 0.6) is 11.5 Å². The maximum absolute atomic E-state index is 13.6. The normalized spacial score (nSPS) is 17.6. The van der Waals surface area contributed by atoms with Gasteiger partial charge < -0.3 is 14.9 Å². The van der Waals surface area contributed by atoms with E-state index in [1.807, 2.05) is 13.8 Å². The maximum Gasteiger partial charge on any atom is 0.300 e. The second-order valence-corrected chi connectivity index (χ2v) is 7.90. The van der Waals surface area contributed by atoms with E-state index < -0.39 is 23.5 Å². The van der Waals surface area contributed by atoms with Crippen molar-refractivity contribution < 1.29 is 28.9 Å². The molecule has 1 amide bonds. The van der Waals surface area contributed by atoms with E-state index in [-0.39, 0.29) is 28.9 Å². The lowest BCUT2D eigenvalue weighted by atomic mass is 9.95. The van der Waals surface area contributed by atoms with Crippen molar-refractivity contribution in [2.45, 2.75) is 26.0 Å². The number of carbonyl (C=O) groups excluding carboxylic acids is 2. The molecule has 1 heterocycles. The van der Waals surface area contributed by atoms with Gasteiger partial charge in [0.15, 0.2) is 0 Å². The smallest absolute Gasteiger partial charge is 0.300 e. The second kappa shape index (κ2) is 8.78. The Morgan fingerprint density at radius 3 is 2.21 bits per heavy atom. The zero-order valence-electron chi connectivity index (χ0n) is 18.0. The van der Waals surface area contributed by atoms with Crippen molar-refractivity contribution in [3.05, 3.63) is 95.3 Å². The molecule has 0 aliphatic carbocycles. The number of nitrogens with zero attached hydrogens (tertiary/aromatic N) is 1. The topological polar surface area (TPSA) is 87.1 Å². The van der Waals surface area contributed by atoms with E-state index in [0.717, 1.165) is 4.90 Å². The van der Waals surface area contributed by atoms with Crippen LogP contribution in [-0.4, -0.2) is 28.0 Å². The number of benzene rings is 3. The van der Waals surface area contributed by atoms with Gasteiger partial charge in [-0.1, -0.05) is 24.3 Å². The van der Waals surface area contributed by atoms with Crippen LogP contribution in [0.2, 0.25) is 0 Å². The Labute approximate surface area is 190 Å². The first-order valence-corrected chi connectivity index (χ1v) is 10.4. The number of hydrogen-bond donors (Lipinski definition) is 2. The summed E-state index contributed by atoms with van der Waals surface area (Å²) in [6, 6.07) is 16.8. The van der Waals surface area contributed by atoms with Gasteiger partial charge in [-0.3, -0.25) is 14.5 Å². The molecule has 2 N–H and O–H groups in total. The average Bonchev–Trinajstić information content (AvgIpc) is 3.05. The highest BCUT2D eigenvalue weighted by molar-refractivity contribution is 6.51. The largest absolute Gasteiger partial charge is 0.507 e. The van der Waals surface area contributed by atoms with Gasteiger partial charge in [-0.25, -0.2) is 4.39 Å². The summed E-state index contributed by atoms with van der Waals surface area (Å²) in [5.74, 6) is -2.30. The van der Waals surface area contributed by atoms with Crippen LogP contribution in [0.15, 0.2) is 78.4 Å². The van der Waals surface area contributed by atoms with Crippen molar-refractivity contribution in [3.8, 4) is 11.5 Å². The fourth-order valence-corrected chi connectivity index (χ4v) is 3.83. The fraction of sp³-hybridized carbons (Fsp3) is 0.154. The van der Waals surface area contributed by atoms with E-state index in [1.54, 1.807) is 36.4 Å². The average molecular weight is 447 g/mol. The van der Waals surface area contributed by atoms with Gasteiger partial charge in [0.2, 0.25) is 0 Å². The lowest BCUT2D eigenvalue weighted by Crippen LogP contribution is -2.29. The zero-order valence-corrected chi connectivity index (χ0v) is 18.0. The van der Waals surface area contributed by atoms with E-state index in [1.165, 1.54) is 36.4 Å². The fourth-order valence-electron chi connectivity index (χ4n) is 3.83. The van der Waals surface area contributed by atoms with Gasteiger partial charge >= 0.3 is 0 Å². The Kier molecular flexibility index (Phi) is 5.87. The molecule has 168 valence electrons. The molecule has 0 aromatic heterocycles. The molecular weight excluding hydrogens is 425 g/mol. The third kappa shape index (κ3) is 4.17. The van der Waals surface area contributed by atoms with Gasteiger partial charge in [-0.05, 0) is 67.9 Å². The molecule has 1 aliphatic heterocycles. The highest BCUT2D eigenvalue weighted by Crippen LogP contribution is 2.44. The number of phenols is 1. The highest BCUT2D eigenvalue weighted by atomic mass is 19.1. The standard InChI is InChI=1S/C26H22FNO5/c1-15(2)33-19-13-9-17(10-14-19)24(30)22-23(16-7-11-18(27)12-8-16)28(26(32)25(22)31)20-5-3-4-6-21(20)29/h3-15,23,29-30H,1-2H3/b24-22+. The molecule has 7 heteroatoms. The quantitative estimate of drug-likeness (QED) is 0.329.